The number of amides is 1. The van der Waals surface area contributed by atoms with E-state index in [9.17, 15) is 4.79 Å². The quantitative estimate of drug-likeness (QED) is 0.555. The zero-order valence-electron chi connectivity index (χ0n) is 12.2. The Morgan fingerprint density at radius 1 is 1.29 bits per heavy atom. The van der Waals surface area contributed by atoms with E-state index in [0.29, 0.717) is 25.8 Å². The monoisotopic (exact) mass is 424 g/mol. The van der Waals surface area contributed by atoms with Crippen molar-refractivity contribution in [2.75, 3.05) is 0 Å². The van der Waals surface area contributed by atoms with Gasteiger partial charge in [-0.15, -0.1) is 0 Å². The third-order valence-electron chi connectivity index (χ3n) is 3.05. The maximum absolute atomic E-state index is 11.1. The number of hydrogen-bond acceptors (Lipinski definition) is 3. The van der Waals surface area contributed by atoms with Crippen molar-refractivity contribution in [3.05, 3.63) is 67.6 Å². The van der Waals surface area contributed by atoms with Gasteiger partial charge in [0.2, 0.25) is 0 Å². The molecule has 0 radical (unpaired) electrons. The number of benzene rings is 2. The molecule has 1 amide bonds. The molecule has 2 aromatic carbocycles. The van der Waals surface area contributed by atoms with Crippen molar-refractivity contribution in [2.24, 2.45) is 5.73 Å². The van der Waals surface area contributed by atoms with Crippen LogP contribution in [0.1, 0.15) is 11.1 Å². The number of nitrogens with zero attached hydrogens (tertiary/aromatic N) is 1. The topological polar surface area (TPSA) is 76.1 Å². The Morgan fingerprint density at radius 2 is 2.00 bits per heavy atom. The van der Waals surface area contributed by atoms with Gasteiger partial charge < -0.3 is 10.5 Å². The van der Waals surface area contributed by atoms with E-state index in [-0.39, 0.29) is 12.2 Å². The average molecular weight is 426 g/mol. The second-order valence-electron chi connectivity index (χ2n) is 4.73. The molecule has 0 saturated heterocycles. The maximum atomic E-state index is 11.1. The van der Waals surface area contributed by atoms with Crippen LogP contribution < -0.4 is 10.5 Å². The molecule has 2 rings (SSSR count). The number of ether oxygens (including phenoxy) is 1. The van der Waals surface area contributed by atoms with Crippen LogP contribution in [0, 0.1) is 11.3 Å². The molecule has 4 nitrogen and oxygen atoms in total. The van der Waals surface area contributed by atoms with Gasteiger partial charge in [0.1, 0.15) is 18.2 Å². The highest BCUT2D eigenvalue weighted by Gasteiger charge is 2.11. The molecular formula is C17H11BrCl2N2O2. The number of halogens is 3. The van der Waals surface area contributed by atoms with Crippen molar-refractivity contribution in [2.45, 2.75) is 6.61 Å². The van der Waals surface area contributed by atoms with E-state index in [4.69, 9.17) is 38.9 Å². The molecule has 0 bridgehead atoms. The summed E-state index contributed by atoms with van der Waals surface area (Å²) in [5, 5.41) is 9.81. The SMILES string of the molecule is N#C/C(=C\c1cc(Cl)c(OCc2ccccc2Cl)c(Br)c1)C(N)=O. The van der Waals surface area contributed by atoms with Gasteiger partial charge in [0.15, 0.2) is 5.75 Å². The van der Waals surface area contributed by atoms with E-state index in [1.165, 1.54) is 6.08 Å². The second kappa shape index (κ2) is 8.20. The van der Waals surface area contributed by atoms with Gasteiger partial charge >= 0.3 is 0 Å². The summed E-state index contributed by atoms with van der Waals surface area (Å²) in [6.07, 6.45) is 1.36. The number of hydrogen-bond donors (Lipinski definition) is 1. The van der Waals surface area contributed by atoms with Crippen LogP contribution in [0.15, 0.2) is 46.4 Å². The first-order valence-electron chi connectivity index (χ1n) is 6.69. The predicted octanol–water partition coefficient (Wildman–Crippen LogP) is 4.73. The van der Waals surface area contributed by atoms with E-state index < -0.39 is 5.91 Å². The van der Waals surface area contributed by atoms with E-state index in [1.54, 1.807) is 24.3 Å². The Labute approximate surface area is 157 Å². The summed E-state index contributed by atoms with van der Waals surface area (Å²) in [7, 11) is 0. The first kappa shape index (κ1) is 18.3. The lowest BCUT2D eigenvalue weighted by Crippen LogP contribution is -2.12. The normalized spacial score (nSPS) is 11.0. The molecule has 0 fully saturated rings. The lowest BCUT2D eigenvalue weighted by Gasteiger charge is -2.12. The molecule has 0 saturated carbocycles. The Morgan fingerprint density at radius 3 is 2.58 bits per heavy atom. The molecule has 122 valence electrons. The maximum Gasteiger partial charge on any atom is 0.259 e. The minimum absolute atomic E-state index is 0.164. The predicted molar refractivity (Wildman–Crippen MR) is 97.7 cm³/mol. The molecular weight excluding hydrogens is 415 g/mol. The van der Waals surface area contributed by atoms with Crippen LogP contribution in [0.2, 0.25) is 10.0 Å². The van der Waals surface area contributed by atoms with E-state index in [1.807, 2.05) is 18.2 Å². The molecule has 0 heterocycles. The van der Waals surface area contributed by atoms with Gasteiger partial charge in [0, 0.05) is 10.6 Å². The van der Waals surface area contributed by atoms with Crippen molar-refractivity contribution in [1.82, 2.24) is 0 Å². The van der Waals surface area contributed by atoms with Gasteiger partial charge in [-0.25, -0.2) is 0 Å². The van der Waals surface area contributed by atoms with Gasteiger partial charge in [-0.05, 0) is 45.8 Å². The van der Waals surface area contributed by atoms with Crippen LogP contribution in [0.25, 0.3) is 6.08 Å². The van der Waals surface area contributed by atoms with Crippen LogP contribution in [0.3, 0.4) is 0 Å². The number of rotatable bonds is 5. The summed E-state index contributed by atoms with van der Waals surface area (Å²) in [5.41, 5.74) is 6.33. The van der Waals surface area contributed by atoms with Gasteiger partial charge in [0.25, 0.3) is 5.91 Å². The Hall–Kier alpha value is -2.00. The number of nitrogens with two attached hydrogens (primary N) is 1. The fourth-order valence-corrected chi connectivity index (χ4v) is 3.07. The van der Waals surface area contributed by atoms with Crippen molar-refractivity contribution in [1.29, 1.82) is 5.26 Å². The summed E-state index contributed by atoms with van der Waals surface area (Å²) in [5.74, 6) is -0.366. The molecule has 0 atom stereocenters. The van der Waals surface area contributed by atoms with Crippen molar-refractivity contribution in [3.63, 3.8) is 0 Å². The van der Waals surface area contributed by atoms with Crippen LogP contribution in [0.4, 0.5) is 0 Å². The highest BCUT2D eigenvalue weighted by Crippen LogP contribution is 2.36. The number of carbonyl (C=O) groups excluding carboxylic acids is 1. The van der Waals surface area contributed by atoms with Crippen molar-refractivity contribution < 1.29 is 9.53 Å². The van der Waals surface area contributed by atoms with Crippen molar-refractivity contribution >= 4 is 51.1 Å². The van der Waals surface area contributed by atoms with Gasteiger partial charge in [-0.3, -0.25) is 4.79 Å². The van der Waals surface area contributed by atoms with Crippen LogP contribution >= 0.6 is 39.1 Å². The van der Waals surface area contributed by atoms with Crippen LogP contribution in [-0.2, 0) is 11.4 Å². The second-order valence-corrected chi connectivity index (χ2v) is 6.40. The highest BCUT2D eigenvalue weighted by atomic mass is 79.9. The Balaban J connectivity index is 2.26. The molecule has 0 aliphatic carbocycles. The zero-order chi connectivity index (χ0) is 17.7. The molecule has 0 aliphatic heterocycles. The fourth-order valence-electron chi connectivity index (χ4n) is 1.89. The molecule has 2 aromatic rings. The minimum Gasteiger partial charge on any atom is -0.486 e. The molecule has 2 N–H and O–H groups in total. The number of primary amides is 1. The Kier molecular flexibility index (Phi) is 6.27. The third-order valence-corrected chi connectivity index (χ3v) is 4.29. The van der Waals surface area contributed by atoms with Crippen LogP contribution in [-0.4, -0.2) is 5.91 Å². The first-order valence-corrected chi connectivity index (χ1v) is 8.24. The molecule has 0 aromatic heterocycles. The van der Waals surface area contributed by atoms with E-state index in [2.05, 4.69) is 15.9 Å². The fraction of sp³-hybridized carbons (Fsp3) is 0.0588. The van der Waals surface area contributed by atoms with Gasteiger partial charge in [-0.1, -0.05) is 41.4 Å². The molecule has 7 heteroatoms. The molecule has 0 unspecified atom stereocenters. The molecule has 0 aliphatic rings. The number of carbonyl (C=O) groups is 1. The van der Waals surface area contributed by atoms with Crippen molar-refractivity contribution in [3.8, 4) is 11.8 Å². The van der Waals surface area contributed by atoms with Gasteiger partial charge in [-0.2, -0.15) is 5.26 Å². The third kappa shape index (κ3) is 4.51. The number of nitriles is 1. The summed E-state index contributed by atoms with van der Waals surface area (Å²) >= 11 is 15.7. The zero-order valence-corrected chi connectivity index (χ0v) is 15.3. The summed E-state index contributed by atoms with van der Waals surface area (Å²) < 4.78 is 6.31. The lowest BCUT2D eigenvalue weighted by atomic mass is 10.1. The van der Waals surface area contributed by atoms with Crippen LogP contribution in [0.5, 0.6) is 5.75 Å². The lowest BCUT2D eigenvalue weighted by molar-refractivity contribution is -0.114. The summed E-state index contributed by atoms with van der Waals surface area (Å²) in [6, 6.07) is 12.3. The van der Waals surface area contributed by atoms with Gasteiger partial charge in [0.05, 0.1) is 9.50 Å². The highest BCUT2D eigenvalue weighted by molar-refractivity contribution is 9.10. The Bertz CT molecular complexity index is 837. The molecule has 0 spiro atoms. The largest absolute Gasteiger partial charge is 0.486 e. The average Bonchev–Trinajstić information content (AvgIpc) is 2.53. The first-order chi connectivity index (χ1) is 11.4. The van der Waals surface area contributed by atoms with E-state index in [0.717, 1.165) is 5.56 Å². The smallest absolute Gasteiger partial charge is 0.259 e. The van der Waals surface area contributed by atoms with E-state index >= 15 is 0 Å². The molecule has 24 heavy (non-hydrogen) atoms. The summed E-state index contributed by atoms with van der Waals surface area (Å²) in [4.78, 5) is 11.1. The summed E-state index contributed by atoms with van der Waals surface area (Å²) in [6.45, 7) is 0.248. The minimum atomic E-state index is -0.802. The standard InChI is InChI=1S/C17H11BrCl2N2O2/c18-13-6-10(5-12(8-21)17(22)23)7-15(20)16(13)24-9-11-3-1-2-4-14(11)19/h1-7H,9H2,(H2,22,23)/b12-5+.